The monoisotopic (exact) mass is 287 g/mol. The molecule has 1 aromatic carbocycles. The second kappa shape index (κ2) is 5.53. The normalized spacial score (nSPS) is 10.5. The molecule has 0 aliphatic rings. The van der Waals surface area contributed by atoms with Crippen LogP contribution in [0.25, 0.3) is 0 Å². The molecule has 0 spiro atoms. The molecule has 0 bridgehead atoms. The molecule has 0 fully saturated rings. The van der Waals surface area contributed by atoms with Gasteiger partial charge < -0.3 is 4.52 Å². The number of carbonyl (C=O) groups is 1. The van der Waals surface area contributed by atoms with Crippen molar-refractivity contribution in [3.05, 3.63) is 59.5 Å². The molecular formula is C13H10FN5O2. The minimum absolute atomic E-state index is 0.139. The summed E-state index contributed by atoms with van der Waals surface area (Å²) in [4.78, 5) is 15.8. The molecule has 3 rings (SSSR count). The van der Waals surface area contributed by atoms with E-state index in [0.717, 1.165) is 5.56 Å². The molecule has 106 valence electrons. The Kier molecular flexibility index (Phi) is 3.42. The highest BCUT2D eigenvalue weighted by Crippen LogP contribution is 2.09. The second-order valence-corrected chi connectivity index (χ2v) is 4.25. The van der Waals surface area contributed by atoms with Gasteiger partial charge in [-0.2, -0.15) is 4.98 Å². The number of H-pyrrole nitrogens is 1. The third kappa shape index (κ3) is 3.11. The van der Waals surface area contributed by atoms with Crippen LogP contribution in [0.5, 0.6) is 0 Å². The zero-order valence-corrected chi connectivity index (χ0v) is 10.7. The van der Waals surface area contributed by atoms with Crippen molar-refractivity contribution in [3.63, 3.8) is 0 Å². The summed E-state index contributed by atoms with van der Waals surface area (Å²) in [6.45, 7) is 0. The lowest BCUT2D eigenvalue weighted by molar-refractivity contribution is 0.101. The Morgan fingerprint density at radius 1 is 1.29 bits per heavy atom. The Morgan fingerprint density at radius 2 is 2.10 bits per heavy atom. The number of aromatic amines is 1. The third-order valence-electron chi connectivity index (χ3n) is 2.71. The molecule has 0 unspecified atom stereocenters. The number of nitrogens with zero attached hydrogens (tertiary/aromatic N) is 3. The first-order chi connectivity index (χ1) is 10.2. The maximum atomic E-state index is 12.8. The van der Waals surface area contributed by atoms with Crippen molar-refractivity contribution in [3.8, 4) is 0 Å². The van der Waals surface area contributed by atoms with Crippen LogP contribution in [0, 0.1) is 5.82 Å². The number of benzene rings is 1. The van der Waals surface area contributed by atoms with Gasteiger partial charge in [0.1, 0.15) is 17.9 Å². The smallest absolute Gasteiger partial charge is 0.280 e. The van der Waals surface area contributed by atoms with Crippen molar-refractivity contribution in [2.45, 2.75) is 6.42 Å². The number of hydrogen-bond donors (Lipinski definition) is 2. The zero-order valence-electron chi connectivity index (χ0n) is 10.7. The summed E-state index contributed by atoms with van der Waals surface area (Å²) in [6, 6.07) is 7.50. The molecule has 0 radical (unpaired) electrons. The molecule has 2 N–H and O–H groups in total. The number of anilines is 1. The van der Waals surface area contributed by atoms with E-state index < -0.39 is 5.91 Å². The van der Waals surface area contributed by atoms with Crippen LogP contribution in [0.1, 0.15) is 21.9 Å². The number of amides is 1. The topological polar surface area (TPSA) is 96.7 Å². The van der Waals surface area contributed by atoms with Gasteiger partial charge in [0, 0.05) is 12.5 Å². The summed E-state index contributed by atoms with van der Waals surface area (Å²) in [5, 5.41) is 12.6. The first kappa shape index (κ1) is 13.0. The van der Waals surface area contributed by atoms with Crippen LogP contribution in [0.15, 0.2) is 41.1 Å². The lowest BCUT2D eigenvalue weighted by atomic mass is 10.1. The first-order valence-electron chi connectivity index (χ1n) is 6.08. The molecule has 21 heavy (non-hydrogen) atoms. The van der Waals surface area contributed by atoms with Gasteiger partial charge in [0.2, 0.25) is 5.95 Å². The molecule has 0 aliphatic heterocycles. The molecule has 3 aromatic rings. The fourth-order valence-corrected chi connectivity index (χ4v) is 1.72. The van der Waals surface area contributed by atoms with E-state index in [-0.39, 0.29) is 17.5 Å². The Morgan fingerprint density at radius 3 is 2.81 bits per heavy atom. The molecule has 2 heterocycles. The molecular weight excluding hydrogens is 277 g/mol. The molecule has 0 atom stereocenters. The van der Waals surface area contributed by atoms with E-state index in [1.165, 1.54) is 24.5 Å². The fraction of sp³-hybridized carbons (Fsp3) is 0.0769. The number of carbonyl (C=O) groups excluding carboxylic acids is 1. The number of nitrogens with one attached hydrogen (secondary N) is 2. The van der Waals surface area contributed by atoms with Gasteiger partial charge in [0.25, 0.3) is 5.91 Å². The predicted molar refractivity (Wildman–Crippen MR) is 70.0 cm³/mol. The lowest BCUT2D eigenvalue weighted by Gasteiger charge is -1.97. The Balaban J connectivity index is 1.66. The summed E-state index contributed by atoms with van der Waals surface area (Å²) in [5.41, 5.74) is 1.02. The summed E-state index contributed by atoms with van der Waals surface area (Å²) in [7, 11) is 0. The molecule has 0 saturated carbocycles. The van der Waals surface area contributed by atoms with Crippen LogP contribution < -0.4 is 5.32 Å². The van der Waals surface area contributed by atoms with Gasteiger partial charge in [0.05, 0.1) is 0 Å². The minimum Gasteiger partial charge on any atom is -0.364 e. The third-order valence-corrected chi connectivity index (χ3v) is 2.71. The average Bonchev–Trinajstić information content (AvgIpc) is 3.13. The van der Waals surface area contributed by atoms with Crippen LogP contribution in [0.4, 0.5) is 10.3 Å². The average molecular weight is 287 g/mol. The molecule has 1 amide bonds. The Hall–Kier alpha value is -3.03. The van der Waals surface area contributed by atoms with E-state index in [1.54, 1.807) is 12.1 Å². The summed E-state index contributed by atoms with van der Waals surface area (Å²) in [5.74, 6) is -0.0647. The van der Waals surface area contributed by atoms with Gasteiger partial charge in [-0.1, -0.05) is 17.3 Å². The van der Waals surface area contributed by atoms with Gasteiger partial charge in [0.15, 0.2) is 5.69 Å². The number of halogens is 1. The SMILES string of the molecule is O=C(Nc1n[nH]c(Cc2ccc(F)cc2)n1)c1ccon1. The lowest BCUT2D eigenvalue weighted by Crippen LogP contribution is -2.13. The molecule has 0 saturated heterocycles. The van der Waals surface area contributed by atoms with E-state index in [4.69, 9.17) is 0 Å². The van der Waals surface area contributed by atoms with Gasteiger partial charge in [-0.05, 0) is 17.7 Å². The quantitative estimate of drug-likeness (QED) is 0.762. The van der Waals surface area contributed by atoms with Crippen LogP contribution in [-0.4, -0.2) is 26.2 Å². The Bertz CT molecular complexity index is 736. The van der Waals surface area contributed by atoms with Crippen LogP contribution in [-0.2, 0) is 6.42 Å². The second-order valence-electron chi connectivity index (χ2n) is 4.25. The van der Waals surface area contributed by atoms with Crippen molar-refractivity contribution in [1.29, 1.82) is 0 Å². The standard InChI is InChI=1S/C13H10FN5O2/c14-9-3-1-8(2-4-9)7-11-15-13(18-17-11)16-12(20)10-5-6-21-19-10/h1-6H,7H2,(H2,15,16,17,18,20). The van der Waals surface area contributed by atoms with Crippen LogP contribution in [0.2, 0.25) is 0 Å². The van der Waals surface area contributed by atoms with E-state index >= 15 is 0 Å². The van der Waals surface area contributed by atoms with Gasteiger partial charge in [-0.3, -0.25) is 15.2 Å². The van der Waals surface area contributed by atoms with Gasteiger partial charge in [-0.15, -0.1) is 5.10 Å². The van der Waals surface area contributed by atoms with E-state index in [1.807, 2.05) is 0 Å². The van der Waals surface area contributed by atoms with Crippen molar-refractivity contribution in [2.24, 2.45) is 0 Å². The minimum atomic E-state index is -0.462. The summed E-state index contributed by atoms with van der Waals surface area (Å²) in [6.07, 6.45) is 1.75. The van der Waals surface area contributed by atoms with Gasteiger partial charge in [-0.25, -0.2) is 4.39 Å². The maximum Gasteiger partial charge on any atom is 0.280 e. The van der Waals surface area contributed by atoms with Crippen molar-refractivity contribution in [1.82, 2.24) is 20.3 Å². The predicted octanol–water partition coefficient (Wildman–Crippen LogP) is 1.77. The van der Waals surface area contributed by atoms with Crippen molar-refractivity contribution < 1.29 is 13.7 Å². The fourth-order valence-electron chi connectivity index (χ4n) is 1.72. The van der Waals surface area contributed by atoms with E-state index in [9.17, 15) is 9.18 Å². The highest BCUT2D eigenvalue weighted by molar-refractivity contribution is 6.01. The highest BCUT2D eigenvalue weighted by atomic mass is 19.1. The maximum absolute atomic E-state index is 12.8. The Labute approximate surface area is 118 Å². The molecule has 8 heteroatoms. The summed E-state index contributed by atoms with van der Waals surface area (Å²) >= 11 is 0. The zero-order chi connectivity index (χ0) is 14.7. The van der Waals surface area contributed by atoms with Crippen LogP contribution >= 0.6 is 0 Å². The largest absolute Gasteiger partial charge is 0.364 e. The molecule has 0 aliphatic carbocycles. The van der Waals surface area contributed by atoms with Crippen molar-refractivity contribution in [2.75, 3.05) is 5.32 Å². The van der Waals surface area contributed by atoms with E-state index in [0.29, 0.717) is 12.2 Å². The number of hydrogen-bond acceptors (Lipinski definition) is 5. The highest BCUT2D eigenvalue weighted by Gasteiger charge is 2.12. The van der Waals surface area contributed by atoms with E-state index in [2.05, 4.69) is 30.2 Å². The summed E-state index contributed by atoms with van der Waals surface area (Å²) < 4.78 is 17.4. The number of aromatic nitrogens is 4. The van der Waals surface area contributed by atoms with Crippen molar-refractivity contribution >= 4 is 11.9 Å². The van der Waals surface area contributed by atoms with Crippen LogP contribution in [0.3, 0.4) is 0 Å². The van der Waals surface area contributed by atoms with Gasteiger partial charge >= 0.3 is 0 Å². The molecule has 2 aromatic heterocycles. The number of rotatable bonds is 4. The molecule has 7 nitrogen and oxygen atoms in total. The first-order valence-corrected chi connectivity index (χ1v) is 6.08.